The lowest BCUT2D eigenvalue weighted by atomic mass is 10.1. The van der Waals surface area contributed by atoms with Crippen LogP contribution in [0.5, 0.6) is 5.75 Å². The minimum absolute atomic E-state index is 0.000282. The van der Waals surface area contributed by atoms with Gasteiger partial charge < -0.3 is 15.0 Å². The van der Waals surface area contributed by atoms with E-state index in [1.807, 2.05) is 29.2 Å². The number of hydrogen-bond donors (Lipinski definition) is 1. The molecule has 2 heterocycles. The molecule has 1 N–H and O–H groups in total. The molecule has 25 heavy (non-hydrogen) atoms. The number of amides is 1. The molecule has 0 saturated carbocycles. The van der Waals surface area contributed by atoms with Crippen LogP contribution >= 0.6 is 0 Å². The van der Waals surface area contributed by atoms with Gasteiger partial charge in [0.2, 0.25) is 5.95 Å². The predicted octanol–water partition coefficient (Wildman–Crippen LogP) is 2.77. The number of likely N-dealkylation sites (tertiary alicyclic amines) is 1. The van der Waals surface area contributed by atoms with Crippen LogP contribution in [0.4, 0.5) is 5.95 Å². The summed E-state index contributed by atoms with van der Waals surface area (Å²) in [6.07, 6.45) is 5.83. The number of piperidine rings is 1. The Kier molecular flexibility index (Phi) is 5.82. The van der Waals surface area contributed by atoms with Crippen molar-refractivity contribution in [1.82, 2.24) is 14.9 Å². The Bertz CT molecular complexity index is 697. The van der Waals surface area contributed by atoms with Gasteiger partial charge in [0.15, 0.2) is 0 Å². The van der Waals surface area contributed by atoms with Crippen molar-refractivity contribution in [1.29, 1.82) is 0 Å². The molecule has 1 aliphatic rings. The minimum atomic E-state index is 0.000282. The number of ether oxygens (including phenoxy) is 1. The molecule has 1 saturated heterocycles. The van der Waals surface area contributed by atoms with Gasteiger partial charge in [-0.05, 0) is 49.4 Å². The number of carbonyl (C=O) groups is 1. The lowest BCUT2D eigenvalue weighted by molar-refractivity contribution is 0.0718. The third-order valence-corrected chi connectivity index (χ3v) is 4.37. The quantitative estimate of drug-likeness (QED) is 0.876. The van der Waals surface area contributed by atoms with E-state index in [4.69, 9.17) is 4.74 Å². The molecule has 0 aliphatic carbocycles. The summed E-state index contributed by atoms with van der Waals surface area (Å²) in [4.78, 5) is 23.0. The Balaban J connectivity index is 1.54. The molecule has 6 nitrogen and oxygen atoms in total. The fourth-order valence-corrected chi connectivity index (χ4v) is 2.93. The molecule has 0 spiro atoms. The Hall–Kier alpha value is -2.63. The highest BCUT2D eigenvalue weighted by Crippen LogP contribution is 2.13. The first-order chi connectivity index (χ1) is 12.3. The summed E-state index contributed by atoms with van der Waals surface area (Å²) in [6.45, 7) is 2.35. The number of aromatic nitrogens is 2. The van der Waals surface area contributed by atoms with Gasteiger partial charge >= 0.3 is 0 Å². The summed E-state index contributed by atoms with van der Waals surface area (Å²) in [5.41, 5.74) is 1.66. The van der Waals surface area contributed by atoms with Crippen molar-refractivity contribution in [2.75, 3.05) is 32.1 Å². The largest absolute Gasteiger partial charge is 0.497 e. The van der Waals surface area contributed by atoms with Crippen molar-refractivity contribution >= 4 is 11.9 Å². The monoisotopic (exact) mass is 340 g/mol. The van der Waals surface area contributed by atoms with Gasteiger partial charge in [0, 0.05) is 25.8 Å². The Morgan fingerprint density at radius 1 is 1.16 bits per heavy atom. The second kappa shape index (κ2) is 8.46. The number of benzene rings is 1. The number of carbonyl (C=O) groups excluding carboxylic acids is 1. The summed E-state index contributed by atoms with van der Waals surface area (Å²) in [6, 6.07) is 9.66. The number of nitrogens with one attached hydrogen (secondary N) is 1. The van der Waals surface area contributed by atoms with Crippen LogP contribution < -0.4 is 10.1 Å². The van der Waals surface area contributed by atoms with Gasteiger partial charge in [-0.15, -0.1) is 0 Å². The molecule has 0 unspecified atom stereocenters. The van der Waals surface area contributed by atoms with Crippen LogP contribution in [-0.4, -0.2) is 47.5 Å². The molecule has 0 bridgehead atoms. The van der Waals surface area contributed by atoms with Gasteiger partial charge in [0.1, 0.15) is 11.4 Å². The van der Waals surface area contributed by atoms with Crippen molar-refractivity contribution in [2.24, 2.45) is 0 Å². The van der Waals surface area contributed by atoms with E-state index in [1.165, 1.54) is 12.0 Å². The zero-order chi connectivity index (χ0) is 17.5. The first kappa shape index (κ1) is 17.2. The number of anilines is 1. The maximum Gasteiger partial charge on any atom is 0.272 e. The molecule has 2 aromatic rings. The van der Waals surface area contributed by atoms with Gasteiger partial charge in [-0.2, -0.15) is 0 Å². The zero-order valence-electron chi connectivity index (χ0n) is 14.6. The highest BCUT2D eigenvalue weighted by Gasteiger charge is 2.19. The smallest absolute Gasteiger partial charge is 0.272 e. The van der Waals surface area contributed by atoms with Crippen LogP contribution in [0.3, 0.4) is 0 Å². The summed E-state index contributed by atoms with van der Waals surface area (Å²) in [5.74, 6) is 1.35. The van der Waals surface area contributed by atoms with E-state index in [-0.39, 0.29) is 5.91 Å². The topological polar surface area (TPSA) is 67.3 Å². The van der Waals surface area contributed by atoms with Gasteiger partial charge in [-0.3, -0.25) is 4.79 Å². The minimum Gasteiger partial charge on any atom is -0.497 e. The van der Waals surface area contributed by atoms with Crippen molar-refractivity contribution in [2.45, 2.75) is 25.7 Å². The van der Waals surface area contributed by atoms with Crippen LogP contribution in [0, 0.1) is 0 Å². The van der Waals surface area contributed by atoms with Gasteiger partial charge in [0.25, 0.3) is 5.91 Å². The summed E-state index contributed by atoms with van der Waals surface area (Å²) in [7, 11) is 1.66. The fourth-order valence-electron chi connectivity index (χ4n) is 2.93. The standard InChI is InChI=1S/C19H24N4O2/c1-25-16-7-5-15(6-8-16)9-11-20-19-21-12-10-17(22-19)18(24)23-13-3-2-4-14-23/h5-8,10,12H,2-4,9,11,13-14H2,1H3,(H,20,21,22). The molecular weight excluding hydrogens is 316 g/mol. The third kappa shape index (κ3) is 4.68. The Morgan fingerprint density at radius 2 is 1.92 bits per heavy atom. The van der Waals surface area contributed by atoms with Gasteiger partial charge in [0.05, 0.1) is 7.11 Å². The van der Waals surface area contributed by atoms with Gasteiger partial charge in [-0.25, -0.2) is 9.97 Å². The number of rotatable bonds is 6. The maximum absolute atomic E-state index is 12.5. The zero-order valence-corrected chi connectivity index (χ0v) is 14.6. The first-order valence-electron chi connectivity index (χ1n) is 8.75. The second-order valence-electron chi connectivity index (χ2n) is 6.14. The van der Waals surface area contributed by atoms with E-state index >= 15 is 0 Å². The fraction of sp³-hybridized carbons (Fsp3) is 0.421. The third-order valence-electron chi connectivity index (χ3n) is 4.37. The molecular formula is C19H24N4O2. The van der Waals surface area contributed by atoms with E-state index in [2.05, 4.69) is 15.3 Å². The highest BCUT2D eigenvalue weighted by atomic mass is 16.5. The molecule has 1 aromatic carbocycles. The molecule has 1 fully saturated rings. The van der Waals surface area contributed by atoms with Crippen LogP contribution in [0.15, 0.2) is 36.5 Å². The van der Waals surface area contributed by atoms with E-state index in [0.717, 1.165) is 38.1 Å². The molecule has 1 amide bonds. The molecule has 0 radical (unpaired) electrons. The Morgan fingerprint density at radius 3 is 2.64 bits per heavy atom. The number of hydrogen-bond acceptors (Lipinski definition) is 5. The van der Waals surface area contributed by atoms with Crippen molar-refractivity contribution in [3.63, 3.8) is 0 Å². The SMILES string of the molecule is COc1ccc(CCNc2nccc(C(=O)N3CCCCC3)n2)cc1. The average molecular weight is 340 g/mol. The lowest BCUT2D eigenvalue weighted by Crippen LogP contribution is -2.36. The van der Waals surface area contributed by atoms with Crippen LogP contribution in [0.25, 0.3) is 0 Å². The van der Waals surface area contributed by atoms with Crippen LogP contribution in [0.2, 0.25) is 0 Å². The van der Waals surface area contributed by atoms with Crippen molar-refractivity contribution in [3.8, 4) is 5.75 Å². The number of nitrogens with zero attached hydrogens (tertiary/aromatic N) is 3. The van der Waals surface area contributed by atoms with Crippen LogP contribution in [-0.2, 0) is 6.42 Å². The molecule has 132 valence electrons. The van der Waals surface area contributed by atoms with Crippen molar-refractivity contribution < 1.29 is 9.53 Å². The van der Waals surface area contributed by atoms with Crippen LogP contribution in [0.1, 0.15) is 35.3 Å². The summed E-state index contributed by atoms with van der Waals surface area (Å²) in [5, 5.41) is 3.20. The molecule has 6 heteroatoms. The predicted molar refractivity (Wildman–Crippen MR) is 97.0 cm³/mol. The van der Waals surface area contributed by atoms with E-state index < -0.39 is 0 Å². The van der Waals surface area contributed by atoms with Crippen molar-refractivity contribution in [3.05, 3.63) is 47.8 Å². The molecule has 1 aromatic heterocycles. The first-order valence-corrected chi connectivity index (χ1v) is 8.75. The summed E-state index contributed by atoms with van der Waals surface area (Å²) >= 11 is 0. The maximum atomic E-state index is 12.5. The van der Waals surface area contributed by atoms with Gasteiger partial charge in [-0.1, -0.05) is 12.1 Å². The average Bonchev–Trinajstić information content (AvgIpc) is 2.69. The normalized spacial score (nSPS) is 14.2. The number of methoxy groups -OCH3 is 1. The highest BCUT2D eigenvalue weighted by molar-refractivity contribution is 5.92. The Labute approximate surface area is 148 Å². The molecule has 3 rings (SSSR count). The van der Waals surface area contributed by atoms with E-state index in [9.17, 15) is 4.79 Å². The second-order valence-corrected chi connectivity index (χ2v) is 6.14. The van der Waals surface area contributed by atoms with E-state index in [0.29, 0.717) is 18.2 Å². The molecule has 0 atom stereocenters. The summed E-state index contributed by atoms with van der Waals surface area (Å²) < 4.78 is 5.16. The lowest BCUT2D eigenvalue weighted by Gasteiger charge is -2.26. The molecule has 1 aliphatic heterocycles. The van der Waals surface area contributed by atoms with E-state index in [1.54, 1.807) is 19.4 Å².